The molecule has 1 atom stereocenters. The van der Waals surface area contributed by atoms with Gasteiger partial charge < -0.3 is 4.90 Å². The minimum absolute atomic E-state index is 0.115. The zero-order valence-electron chi connectivity index (χ0n) is 11.7. The first-order chi connectivity index (χ1) is 9.70. The maximum atomic E-state index is 13.3. The molecule has 3 nitrogen and oxygen atoms in total. The van der Waals surface area contributed by atoms with E-state index in [1.807, 2.05) is 11.9 Å². The van der Waals surface area contributed by atoms with Gasteiger partial charge in [0.15, 0.2) is 5.78 Å². The van der Waals surface area contributed by atoms with Crippen LogP contribution in [0.2, 0.25) is 0 Å². The summed E-state index contributed by atoms with van der Waals surface area (Å²) in [5.41, 5.74) is -1.52. The van der Waals surface area contributed by atoms with Gasteiger partial charge in [0.25, 0.3) is 0 Å². The van der Waals surface area contributed by atoms with E-state index in [0.717, 1.165) is 12.6 Å². The standard InChI is InChI=1S/C14H16F4N2O/c1-19-5-6-20(2)12(8-19)13(21)9-3-4-11(15)10(7-9)14(16,17)18/h3-4,7,12H,5-6,8H2,1-2H3. The van der Waals surface area contributed by atoms with Gasteiger partial charge in [0.05, 0.1) is 11.6 Å². The third-order valence-corrected chi connectivity index (χ3v) is 3.71. The normalized spacial score (nSPS) is 21.5. The first-order valence-electron chi connectivity index (χ1n) is 6.50. The molecule has 0 radical (unpaired) electrons. The van der Waals surface area contributed by atoms with Gasteiger partial charge in [0, 0.05) is 25.2 Å². The molecule has 1 aromatic carbocycles. The van der Waals surface area contributed by atoms with Crippen LogP contribution in [-0.2, 0) is 6.18 Å². The van der Waals surface area contributed by atoms with E-state index in [1.165, 1.54) is 0 Å². The van der Waals surface area contributed by atoms with Crippen molar-refractivity contribution in [2.45, 2.75) is 12.2 Å². The Labute approximate surface area is 120 Å². The van der Waals surface area contributed by atoms with Crippen molar-refractivity contribution in [3.8, 4) is 0 Å². The van der Waals surface area contributed by atoms with Gasteiger partial charge >= 0.3 is 6.18 Å². The summed E-state index contributed by atoms with van der Waals surface area (Å²) in [6.07, 6.45) is -4.81. The quantitative estimate of drug-likeness (QED) is 0.618. The average molecular weight is 304 g/mol. The third-order valence-electron chi connectivity index (χ3n) is 3.71. The lowest BCUT2D eigenvalue weighted by Gasteiger charge is -2.36. The lowest BCUT2D eigenvalue weighted by molar-refractivity contribution is -0.140. The summed E-state index contributed by atoms with van der Waals surface area (Å²) < 4.78 is 51.4. The van der Waals surface area contributed by atoms with E-state index in [0.29, 0.717) is 25.2 Å². The van der Waals surface area contributed by atoms with E-state index in [2.05, 4.69) is 0 Å². The fraction of sp³-hybridized carbons (Fsp3) is 0.500. The van der Waals surface area contributed by atoms with Crippen molar-refractivity contribution in [2.75, 3.05) is 33.7 Å². The van der Waals surface area contributed by atoms with Crippen LogP contribution in [0.25, 0.3) is 0 Å². The second-order valence-electron chi connectivity index (χ2n) is 5.32. The fourth-order valence-electron chi connectivity index (χ4n) is 2.38. The number of alkyl halides is 3. The predicted molar refractivity (Wildman–Crippen MR) is 69.6 cm³/mol. The number of halogens is 4. The number of carbonyl (C=O) groups excluding carboxylic acids is 1. The van der Waals surface area contributed by atoms with E-state index in [9.17, 15) is 22.4 Å². The molecular formula is C14H16F4N2O. The van der Waals surface area contributed by atoms with Crippen molar-refractivity contribution in [3.63, 3.8) is 0 Å². The molecule has 1 aromatic rings. The molecule has 1 heterocycles. The molecule has 2 rings (SSSR count). The van der Waals surface area contributed by atoms with E-state index < -0.39 is 29.4 Å². The van der Waals surface area contributed by atoms with Crippen LogP contribution < -0.4 is 0 Å². The van der Waals surface area contributed by atoms with Crippen LogP contribution in [0.4, 0.5) is 17.6 Å². The maximum absolute atomic E-state index is 13.3. The van der Waals surface area contributed by atoms with Crippen LogP contribution in [-0.4, -0.2) is 55.4 Å². The van der Waals surface area contributed by atoms with Crippen LogP contribution >= 0.6 is 0 Å². The molecule has 0 bridgehead atoms. The van der Waals surface area contributed by atoms with Crippen molar-refractivity contribution in [1.29, 1.82) is 0 Å². The zero-order valence-corrected chi connectivity index (χ0v) is 11.7. The Morgan fingerprint density at radius 3 is 2.52 bits per heavy atom. The van der Waals surface area contributed by atoms with Crippen LogP contribution in [0.1, 0.15) is 15.9 Å². The van der Waals surface area contributed by atoms with Crippen LogP contribution in [0, 0.1) is 5.82 Å². The van der Waals surface area contributed by atoms with Crippen LogP contribution in [0.5, 0.6) is 0 Å². The van der Waals surface area contributed by atoms with Crippen LogP contribution in [0.3, 0.4) is 0 Å². The molecule has 0 aromatic heterocycles. The number of hydrogen-bond donors (Lipinski definition) is 0. The Hall–Kier alpha value is -1.47. The second kappa shape index (κ2) is 5.73. The summed E-state index contributed by atoms with van der Waals surface area (Å²) in [7, 11) is 3.60. The van der Waals surface area contributed by atoms with Crippen molar-refractivity contribution in [3.05, 3.63) is 35.1 Å². The first kappa shape index (κ1) is 15.9. The summed E-state index contributed by atoms with van der Waals surface area (Å²) >= 11 is 0. The molecule has 0 amide bonds. The highest BCUT2D eigenvalue weighted by Crippen LogP contribution is 2.32. The second-order valence-corrected chi connectivity index (χ2v) is 5.32. The number of hydrogen-bond acceptors (Lipinski definition) is 3. The van der Waals surface area contributed by atoms with Gasteiger partial charge in [-0.3, -0.25) is 9.69 Å². The topological polar surface area (TPSA) is 23.6 Å². The molecule has 1 aliphatic heterocycles. The lowest BCUT2D eigenvalue weighted by atomic mass is 9.99. The summed E-state index contributed by atoms with van der Waals surface area (Å²) in [6, 6.07) is 1.88. The summed E-state index contributed by atoms with van der Waals surface area (Å²) in [4.78, 5) is 16.1. The number of likely N-dealkylation sites (N-methyl/N-ethyl adjacent to an activating group) is 2. The monoisotopic (exact) mass is 304 g/mol. The molecule has 1 saturated heterocycles. The highest BCUT2D eigenvalue weighted by atomic mass is 19.4. The Kier molecular flexibility index (Phi) is 4.34. The summed E-state index contributed by atoms with van der Waals surface area (Å²) in [5.74, 6) is -1.79. The number of rotatable bonds is 2. The number of benzene rings is 1. The Bertz CT molecular complexity index is 544. The predicted octanol–water partition coefficient (Wildman–Crippen LogP) is 2.27. The van der Waals surface area contributed by atoms with Crippen LogP contribution in [0.15, 0.2) is 18.2 Å². The summed E-state index contributed by atoms with van der Waals surface area (Å²) in [5, 5.41) is 0. The molecule has 7 heteroatoms. The number of ketones is 1. The molecule has 1 unspecified atom stereocenters. The van der Waals surface area contributed by atoms with Gasteiger partial charge in [-0.15, -0.1) is 0 Å². The van der Waals surface area contributed by atoms with E-state index in [4.69, 9.17) is 0 Å². The third kappa shape index (κ3) is 3.41. The molecule has 116 valence electrons. The lowest BCUT2D eigenvalue weighted by Crippen LogP contribution is -2.53. The fourth-order valence-corrected chi connectivity index (χ4v) is 2.38. The minimum atomic E-state index is -4.81. The molecule has 21 heavy (non-hydrogen) atoms. The average Bonchev–Trinajstić information content (AvgIpc) is 2.40. The van der Waals surface area contributed by atoms with Gasteiger partial charge in [-0.25, -0.2) is 4.39 Å². The van der Waals surface area contributed by atoms with Gasteiger partial charge in [0.1, 0.15) is 5.82 Å². The van der Waals surface area contributed by atoms with Crippen molar-refractivity contribution < 1.29 is 22.4 Å². The van der Waals surface area contributed by atoms with Gasteiger partial charge in [-0.05, 0) is 32.3 Å². The van der Waals surface area contributed by atoms with Gasteiger partial charge in [-0.1, -0.05) is 0 Å². The number of Topliss-reactive ketones (excluding diaryl/α,β-unsaturated/α-hetero) is 1. The van der Waals surface area contributed by atoms with Crippen molar-refractivity contribution in [2.24, 2.45) is 0 Å². The number of nitrogens with zero attached hydrogens (tertiary/aromatic N) is 2. The number of carbonyl (C=O) groups is 1. The van der Waals surface area contributed by atoms with E-state index in [1.54, 1.807) is 11.9 Å². The molecule has 1 aliphatic rings. The SMILES string of the molecule is CN1CCN(C)C(C(=O)c2ccc(F)c(C(F)(F)F)c2)C1. The van der Waals surface area contributed by atoms with Gasteiger partial charge in [-0.2, -0.15) is 13.2 Å². The van der Waals surface area contributed by atoms with E-state index >= 15 is 0 Å². The van der Waals surface area contributed by atoms with Crippen molar-refractivity contribution >= 4 is 5.78 Å². The maximum Gasteiger partial charge on any atom is 0.419 e. The van der Waals surface area contributed by atoms with E-state index in [-0.39, 0.29) is 5.56 Å². The molecular weight excluding hydrogens is 288 g/mol. The zero-order chi connectivity index (χ0) is 15.8. The highest BCUT2D eigenvalue weighted by Gasteiger charge is 2.36. The smallest absolute Gasteiger partial charge is 0.303 e. The first-order valence-corrected chi connectivity index (χ1v) is 6.50. The largest absolute Gasteiger partial charge is 0.419 e. The molecule has 0 aliphatic carbocycles. The highest BCUT2D eigenvalue weighted by molar-refractivity contribution is 6.00. The van der Waals surface area contributed by atoms with Crippen molar-refractivity contribution in [1.82, 2.24) is 9.80 Å². The minimum Gasteiger partial charge on any atom is -0.303 e. The Morgan fingerprint density at radius 1 is 1.24 bits per heavy atom. The summed E-state index contributed by atoms with van der Waals surface area (Å²) in [6.45, 7) is 1.88. The Balaban J connectivity index is 2.31. The molecule has 0 N–H and O–H groups in total. The molecule has 0 saturated carbocycles. The Morgan fingerprint density at radius 2 is 1.90 bits per heavy atom. The molecule has 1 fully saturated rings. The number of piperazine rings is 1. The van der Waals surface area contributed by atoms with Gasteiger partial charge in [0.2, 0.25) is 0 Å². The molecule has 0 spiro atoms.